The summed E-state index contributed by atoms with van der Waals surface area (Å²) >= 11 is 0. The predicted molar refractivity (Wildman–Crippen MR) is 75.3 cm³/mol. The van der Waals surface area contributed by atoms with Gasteiger partial charge in [-0.1, -0.05) is 0 Å². The van der Waals surface area contributed by atoms with Crippen LogP contribution >= 0.6 is 0 Å². The highest BCUT2D eigenvalue weighted by atomic mass is 16.2. The molecule has 5 heteroatoms. The third-order valence-corrected chi connectivity index (χ3v) is 3.50. The average molecular weight is 261 g/mol. The van der Waals surface area contributed by atoms with Crippen molar-refractivity contribution in [3.8, 4) is 0 Å². The van der Waals surface area contributed by atoms with E-state index in [-0.39, 0.29) is 11.7 Å². The first kappa shape index (κ1) is 13.4. The number of amides is 1. The fourth-order valence-corrected chi connectivity index (χ4v) is 2.35. The van der Waals surface area contributed by atoms with Crippen LogP contribution in [0.4, 0.5) is 11.4 Å². The van der Waals surface area contributed by atoms with Gasteiger partial charge in [-0.25, -0.2) is 0 Å². The maximum Gasteiger partial charge on any atom is 0.219 e. The Morgan fingerprint density at radius 1 is 1.11 bits per heavy atom. The number of carbonyl (C=O) groups is 2. The molecule has 2 rings (SSSR count). The van der Waals surface area contributed by atoms with E-state index in [1.54, 1.807) is 13.0 Å². The average Bonchev–Trinajstić information content (AvgIpc) is 2.38. The molecule has 2 N–H and O–H groups in total. The number of hydrogen-bond donors (Lipinski definition) is 1. The fourth-order valence-electron chi connectivity index (χ4n) is 2.35. The second-order valence-electron chi connectivity index (χ2n) is 4.82. The number of hydrogen-bond acceptors (Lipinski definition) is 4. The minimum Gasteiger partial charge on any atom is -0.398 e. The Balaban J connectivity index is 2.10. The van der Waals surface area contributed by atoms with Crippen LogP contribution in [0.2, 0.25) is 0 Å². The SMILES string of the molecule is CC(=O)c1ccc(N2CCN(C(C)=O)CC2)cc1N. The molecule has 0 atom stereocenters. The van der Waals surface area contributed by atoms with Gasteiger partial charge in [0.05, 0.1) is 0 Å². The lowest BCUT2D eigenvalue weighted by Gasteiger charge is -2.35. The molecule has 1 amide bonds. The molecule has 1 aromatic carbocycles. The number of rotatable bonds is 2. The molecule has 1 aromatic rings. The Labute approximate surface area is 113 Å². The van der Waals surface area contributed by atoms with Crippen LogP contribution in [0, 0.1) is 0 Å². The normalized spacial score (nSPS) is 15.5. The molecule has 0 bridgehead atoms. The monoisotopic (exact) mass is 261 g/mol. The second-order valence-corrected chi connectivity index (χ2v) is 4.82. The number of nitrogens with two attached hydrogens (primary N) is 1. The molecule has 1 fully saturated rings. The molecule has 102 valence electrons. The highest BCUT2D eigenvalue weighted by Crippen LogP contribution is 2.23. The molecule has 1 aliphatic heterocycles. The number of nitrogens with zero attached hydrogens (tertiary/aromatic N) is 2. The summed E-state index contributed by atoms with van der Waals surface area (Å²) < 4.78 is 0. The third kappa shape index (κ3) is 2.86. The zero-order chi connectivity index (χ0) is 14.0. The van der Waals surface area contributed by atoms with Crippen molar-refractivity contribution < 1.29 is 9.59 Å². The topological polar surface area (TPSA) is 66.6 Å². The molecular formula is C14H19N3O2. The highest BCUT2D eigenvalue weighted by Gasteiger charge is 2.19. The molecule has 0 aromatic heterocycles. The molecule has 0 radical (unpaired) electrons. The van der Waals surface area contributed by atoms with E-state index < -0.39 is 0 Å². The summed E-state index contributed by atoms with van der Waals surface area (Å²) in [5, 5.41) is 0. The van der Waals surface area contributed by atoms with E-state index in [1.165, 1.54) is 6.92 Å². The third-order valence-electron chi connectivity index (χ3n) is 3.50. The smallest absolute Gasteiger partial charge is 0.219 e. The largest absolute Gasteiger partial charge is 0.398 e. The maximum atomic E-state index is 11.3. The Bertz CT molecular complexity index is 505. The van der Waals surface area contributed by atoms with Crippen molar-refractivity contribution in [3.05, 3.63) is 23.8 Å². The van der Waals surface area contributed by atoms with Gasteiger partial charge in [-0.15, -0.1) is 0 Å². The van der Waals surface area contributed by atoms with E-state index in [0.717, 1.165) is 31.9 Å². The number of Topliss-reactive ketones (excluding diaryl/α,β-unsaturated/α-hetero) is 1. The Kier molecular flexibility index (Phi) is 3.74. The van der Waals surface area contributed by atoms with Crippen LogP contribution in [-0.2, 0) is 4.79 Å². The van der Waals surface area contributed by atoms with Crippen molar-refractivity contribution in [1.82, 2.24) is 4.90 Å². The van der Waals surface area contributed by atoms with Gasteiger partial charge >= 0.3 is 0 Å². The fraction of sp³-hybridized carbons (Fsp3) is 0.429. The van der Waals surface area contributed by atoms with Crippen molar-refractivity contribution in [2.45, 2.75) is 13.8 Å². The first-order chi connectivity index (χ1) is 8.99. The van der Waals surface area contributed by atoms with Gasteiger partial charge in [-0.05, 0) is 25.1 Å². The quantitative estimate of drug-likeness (QED) is 0.640. The minimum atomic E-state index is -0.0227. The van der Waals surface area contributed by atoms with Crippen molar-refractivity contribution in [3.63, 3.8) is 0 Å². The van der Waals surface area contributed by atoms with Gasteiger partial charge in [-0.3, -0.25) is 9.59 Å². The highest BCUT2D eigenvalue weighted by molar-refractivity contribution is 5.99. The van der Waals surface area contributed by atoms with Crippen LogP contribution in [0.5, 0.6) is 0 Å². The Morgan fingerprint density at radius 3 is 2.21 bits per heavy atom. The van der Waals surface area contributed by atoms with E-state index >= 15 is 0 Å². The lowest BCUT2D eigenvalue weighted by molar-refractivity contribution is -0.129. The van der Waals surface area contributed by atoms with Gasteiger partial charge in [0.1, 0.15) is 0 Å². The summed E-state index contributed by atoms with van der Waals surface area (Å²) in [6, 6.07) is 5.51. The maximum absolute atomic E-state index is 11.3. The van der Waals surface area contributed by atoms with Gasteiger partial charge < -0.3 is 15.5 Å². The number of benzene rings is 1. The lowest BCUT2D eigenvalue weighted by atomic mass is 10.1. The second kappa shape index (κ2) is 5.30. The summed E-state index contributed by atoms with van der Waals surface area (Å²) in [5.41, 5.74) is 7.97. The van der Waals surface area contributed by atoms with Gasteiger partial charge in [0.15, 0.2) is 5.78 Å². The molecule has 0 aliphatic carbocycles. The summed E-state index contributed by atoms with van der Waals surface area (Å²) in [6.45, 7) is 6.14. The van der Waals surface area contributed by atoms with E-state index in [2.05, 4.69) is 4.90 Å². The van der Waals surface area contributed by atoms with Crippen LogP contribution in [0.25, 0.3) is 0 Å². The zero-order valence-corrected chi connectivity index (χ0v) is 11.3. The van der Waals surface area contributed by atoms with E-state index in [1.807, 2.05) is 17.0 Å². The number of anilines is 2. The molecule has 1 aliphatic rings. The molecular weight excluding hydrogens is 242 g/mol. The van der Waals surface area contributed by atoms with Gasteiger partial charge in [-0.2, -0.15) is 0 Å². The van der Waals surface area contributed by atoms with Crippen molar-refractivity contribution in [1.29, 1.82) is 0 Å². The minimum absolute atomic E-state index is 0.0227. The first-order valence-corrected chi connectivity index (χ1v) is 6.40. The number of ketones is 1. The van der Waals surface area contributed by atoms with E-state index in [0.29, 0.717) is 11.3 Å². The summed E-state index contributed by atoms with van der Waals surface area (Å²) in [5.74, 6) is 0.0940. The number of piperazine rings is 1. The first-order valence-electron chi connectivity index (χ1n) is 6.40. The summed E-state index contributed by atoms with van der Waals surface area (Å²) in [4.78, 5) is 26.6. The molecule has 0 saturated carbocycles. The molecule has 0 spiro atoms. The predicted octanol–water partition coefficient (Wildman–Crippen LogP) is 1.14. The standard InChI is InChI=1S/C14H19N3O2/c1-10(18)13-4-3-12(9-14(13)15)17-7-5-16(6-8-17)11(2)19/h3-4,9H,5-8,15H2,1-2H3. The van der Waals surface area contributed by atoms with Crippen LogP contribution in [0.15, 0.2) is 18.2 Å². The van der Waals surface area contributed by atoms with E-state index in [4.69, 9.17) is 5.73 Å². The molecule has 1 saturated heterocycles. The van der Waals surface area contributed by atoms with Crippen molar-refractivity contribution in [2.75, 3.05) is 36.8 Å². The number of nitrogen functional groups attached to an aromatic ring is 1. The number of carbonyl (C=O) groups excluding carboxylic acids is 2. The van der Waals surface area contributed by atoms with Crippen LogP contribution in [-0.4, -0.2) is 42.8 Å². The molecule has 5 nitrogen and oxygen atoms in total. The molecule has 1 heterocycles. The van der Waals surface area contributed by atoms with Gasteiger partial charge in [0.25, 0.3) is 0 Å². The zero-order valence-electron chi connectivity index (χ0n) is 11.3. The van der Waals surface area contributed by atoms with Gasteiger partial charge in [0, 0.05) is 50.0 Å². The van der Waals surface area contributed by atoms with E-state index in [9.17, 15) is 9.59 Å². The van der Waals surface area contributed by atoms with Crippen molar-refractivity contribution in [2.24, 2.45) is 0 Å². The Morgan fingerprint density at radius 2 is 1.74 bits per heavy atom. The van der Waals surface area contributed by atoms with Gasteiger partial charge in [0.2, 0.25) is 5.91 Å². The van der Waals surface area contributed by atoms with Crippen LogP contribution in [0.1, 0.15) is 24.2 Å². The van der Waals surface area contributed by atoms with Crippen molar-refractivity contribution >= 4 is 23.1 Å². The molecule has 0 unspecified atom stereocenters. The van der Waals surface area contributed by atoms with Crippen LogP contribution in [0.3, 0.4) is 0 Å². The lowest BCUT2D eigenvalue weighted by Crippen LogP contribution is -2.48. The summed E-state index contributed by atoms with van der Waals surface area (Å²) in [7, 11) is 0. The summed E-state index contributed by atoms with van der Waals surface area (Å²) in [6.07, 6.45) is 0. The van der Waals surface area contributed by atoms with Crippen LogP contribution < -0.4 is 10.6 Å². The molecule has 19 heavy (non-hydrogen) atoms. The Hall–Kier alpha value is -2.04.